The Balaban J connectivity index is 3.05. The minimum atomic E-state index is -3.47. The molecule has 0 bridgehead atoms. The molecule has 0 fully saturated rings. The summed E-state index contributed by atoms with van der Waals surface area (Å²) in [5, 5.41) is 0. The Bertz CT molecular complexity index is 510. The van der Waals surface area contributed by atoms with Crippen LogP contribution in [0.25, 0.3) is 0 Å². The molecular weight excluding hydrogens is 304 g/mol. The van der Waals surface area contributed by atoms with Crippen LogP contribution in [0.15, 0.2) is 4.21 Å². The van der Waals surface area contributed by atoms with Crippen molar-refractivity contribution in [3.05, 3.63) is 10.2 Å². The van der Waals surface area contributed by atoms with Gasteiger partial charge >= 0.3 is 0 Å². The Morgan fingerprint density at radius 3 is 2.26 bits per heavy atom. The van der Waals surface area contributed by atoms with Gasteiger partial charge in [0.2, 0.25) is 0 Å². The Hall–Kier alpha value is -0.170. The highest BCUT2D eigenvalue weighted by atomic mass is 35.5. The van der Waals surface area contributed by atoms with Gasteiger partial charge in [0, 0.05) is 13.1 Å². The molecule has 1 heterocycles. The molecule has 1 aromatic rings. The summed E-state index contributed by atoms with van der Waals surface area (Å²) in [6.07, 6.45) is 1.95. The average Bonchev–Trinajstić information content (AvgIpc) is 2.70. The molecule has 0 aliphatic heterocycles. The van der Waals surface area contributed by atoms with Crippen molar-refractivity contribution in [3.8, 4) is 0 Å². The van der Waals surface area contributed by atoms with Gasteiger partial charge in [-0.05, 0) is 12.8 Å². The second-order valence-corrected chi connectivity index (χ2v) is 8.19. The third-order valence-corrected chi connectivity index (χ3v) is 7.06. The van der Waals surface area contributed by atoms with E-state index in [9.17, 15) is 8.42 Å². The van der Waals surface area contributed by atoms with Gasteiger partial charge in [0.05, 0.1) is 5.69 Å². The fourth-order valence-corrected chi connectivity index (χ4v) is 5.34. The maximum absolute atomic E-state index is 12.6. The molecule has 1 aromatic heterocycles. The van der Waals surface area contributed by atoms with E-state index in [2.05, 4.69) is 18.8 Å². The van der Waals surface area contributed by atoms with Crippen LogP contribution >= 0.6 is 22.9 Å². The minimum absolute atomic E-state index is 0.269. The normalized spacial score (nSPS) is 12.6. The van der Waals surface area contributed by atoms with Crippen LogP contribution in [0.5, 0.6) is 0 Å². The van der Waals surface area contributed by atoms with E-state index in [1.54, 1.807) is 6.92 Å². The number of aromatic nitrogens is 1. The van der Waals surface area contributed by atoms with Gasteiger partial charge in [0.1, 0.15) is 0 Å². The zero-order valence-corrected chi connectivity index (χ0v) is 14.2. The van der Waals surface area contributed by atoms with Crippen molar-refractivity contribution in [2.75, 3.05) is 13.1 Å². The van der Waals surface area contributed by atoms with Gasteiger partial charge in [-0.25, -0.2) is 13.4 Å². The predicted octanol–water partition coefficient (Wildman–Crippen LogP) is 3.55. The van der Waals surface area contributed by atoms with E-state index in [4.69, 9.17) is 11.6 Å². The summed E-state index contributed by atoms with van der Waals surface area (Å²) < 4.78 is 27.3. The minimum Gasteiger partial charge on any atom is -0.229 e. The summed E-state index contributed by atoms with van der Waals surface area (Å²) in [4.78, 5) is 3.99. The molecule has 0 saturated heterocycles. The van der Waals surface area contributed by atoms with Crippen LogP contribution in [0.1, 0.15) is 39.3 Å². The molecule has 0 spiro atoms. The molecule has 0 amide bonds. The lowest BCUT2D eigenvalue weighted by Crippen LogP contribution is -2.35. The summed E-state index contributed by atoms with van der Waals surface area (Å²) in [6.45, 7) is 8.74. The number of thiazole rings is 1. The molecule has 0 aromatic carbocycles. The Morgan fingerprint density at radius 2 is 1.89 bits per heavy atom. The van der Waals surface area contributed by atoms with E-state index in [-0.39, 0.29) is 8.68 Å². The molecule has 4 nitrogen and oxygen atoms in total. The lowest BCUT2D eigenvalue weighted by Gasteiger charge is -2.24. The van der Waals surface area contributed by atoms with E-state index >= 15 is 0 Å². The maximum Gasteiger partial charge on any atom is 0.254 e. The molecule has 1 rings (SSSR count). The van der Waals surface area contributed by atoms with E-state index in [1.807, 2.05) is 6.92 Å². The van der Waals surface area contributed by atoms with Crippen LogP contribution in [0.2, 0.25) is 4.47 Å². The average molecular weight is 325 g/mol. The SMILES string of the molecule is CCC(CC)CN(CC)S(=O)(=O)c1sc(Cl)nc1C. The number of aryl methyl sites for hydroxylation is 1. The first kappa shape index (κ1) is 16.9. The number of halogens is 1. The van der Waals surface area contributed by atoms with Crippen molar-refractivity contribution >= 4 is 33.0 Å². The van der Waals surface area contributed by atoms with E-state index in [1.165, 1.54) is 4.31 Å². The smallest absolute Gasteiger partial charge is 0.229 e. The topological polar surface area (TPSA) is 50.3 Å². The molecule has 0 atom stereocenters. The van der Waals surface area contributed by atoms with E-state index in [0.717, 1.165) is 24.2 Å². The van der Waals surface area contributed by atoms with Crippen LogP contribution in [-0.4, -0.2) is 30.8 Å². The highest BCUT2D eigenvalue weighted by Crippen LogP contribution is 2.30. The summed E-state index contributed by atoms with van der Waals surface area (Å²) >= 11 is 6.84. The summed E-state index contributed by atoms with van der Waals surface area (Å²) in [5.41, 5.74) is 0.484. The van der Waals surface area contributed by atoms with Crippen molar-refractivity contribution in [1.82, 2.24) is 9.29 Å². The van der Waals surface area contributed by atoms with Crippen molar-refractivity contribution in [2.24, 2.45) is 5.92 Å². The molecule has 0 saturated carbocycles. The first-order valence-electron chi connectivity index (χ1n) is 6.49. The van der Waals surface area contributed by atoms with Crippen molar-refractivity contribution in [1.29, 1.82) is 0 Å². The molecule has 19 heavy (non-hydrogen) atoms. The van der Waals surface area contributed by atoms with E-state index in [0.29, 0.717) is 24.7 Å². The Kier molecular flexibility index (Phi) is 6.23. The molecule has 0 aliphatic rings. The van der Waals surface area contributed by atoms with Crippen molar-refractivity contribution in [3.63, 3.8) is 0 Å². The first-order valence-corrected chi connectivity index (χ1v) is 9.13. The lowest BCUT2D eigenvalue weighted by molar-refractivity contribution is 0.339. The van der Waals surface area contributed by atoms with Gasteiger partial charge in [-0.3, -0.25) is 0 Å². The molecule has 0 aliphatic carbocycles. The fraction of sp³-hybridized carbons (Fsp3) is 0.750. The van der Waals surface area contributed by atoms with Crippen LogP contribution in [0.4, 0.5) is 0 Å². The third kappa shape index (κ3) is 3.90. The molecule has 0 radical (unpaired) electrons. The maximum atomic E-state index is 12.6. The number of sulfonamides is 1. The zero-order valence-electron chi connectivity index (χ0n) is 11.8. The number of hydrogen-bond acceptors (Lipinski definition) is 4. The molecule has 7 heteroatoms. The van der Waals surface area contributed by atoms with Crippen LogP contribution < -0.4 is 0 Å². The van der Waals surface area contributed by atoms with Crippen LogP contribution in [-0.2, 0) is 10.0 Å². The van der Waals surface area contributed by atoms with Gasteiger partial charge in [-0.2, -0.15) is 4.31 Å². The summed E-state index contributed by atoms with van der Waals surface area (Å²) in [7, 11) is -3.47. The largest absolute Gasteiger partial charge is 0.254 e. The van der Waals surface area contributed by atoms with Crippen LogP contribution in [0, 0.1) is 12.8 Å². The van der Waals surface area contributed by atoms with E-state index < -0.39 is 10.0 Å². The third-order valence-electron chi connectivity index (χ3n) is 3.27. The van der Waals surface area contributed by atoms with Gasteiger partial charge < -0.3 is 0 Å². The fourth-order valence-electron chi connectivity index (χ4n) is 1.94. The van der Waals surface area contributed by atoms with Gasteiger partial charge in [0.15, 0.2) is 8.68 Å². The van der Waals surface area contributed by atoms with Gasteiger partial charge in [-0.15, -0.1) is 0 Å². The zero-order chi connectivity index (χ0) is 14.6. The van der Waals surface area contributed by atoms with Gasteiger partial charge in [-0.1, -0.05) is 56.6 Å². The van der Waals surface area contributed by atoms with Crippen molar-refractivity contribution in [2.45, 2.75) is 44.7 Å². The number of hydrogen-bond donors (Lipinski definition) is 0. The predicted molar refractivity (Wildman–Crippen MR) is 80.4 cm³/mol. The monoisotopic (exact) mass is 324 g/mol. The summed E-state index contributed by atoms with van der Waals surface area (Å²) in [6, 6.07) is 0. The van der Waals surface area contributed by atoms with Gasteiger partial charge in [0.25, 0.3) is 10.0 Å². The highest BCUT2D eigenvalue weighted by Gasteiger charge is 2.29. The second-order valence-electron chi connectivity index (χ2n) is 4.48. The molecule has 0 unspecified atom stereocenters. The summed E-state index contributed by atoms with van der Waals surface area (Å²) in [5.74, 6) is 0.387. The number of rotatable bonds is 7. The second kappa shape index (κ2) is 7.02. The highest BCUT2D eigenvalue weighted by molar-refractivity contribution is 7.91. The Labute approximate surface area is 124 Å². The van der Waals surface area contributed by atoms with Crippen LogP contribution in [0.3, 0.4) is 0 Å². The molecule has 0 N–H and O–H groups in total. The van der Waals surface area contributed by atoms with Crippen molar-refractivity contribution < 1.29 is 8.42 Å². The first-order chi connectivity index (χ1) is 8.86. The lowest BCUT2D eigenvalue weighted by atomic mass is 10.0. The molecular formula is C12H21ClN2O2S2. The standard InChI is InChI=1S/C12H21ClN2O2S2/c1-5-10(6-2)8-15(7-3)19(16,17)11-9(4)14-12(13)18-11/h10H,5-8H2,1-4H3. The quantitative estimate of drug-likeness (QED) is 0.770. The Morgan fingerprint density at radius 1 is 1.32 bits per heavy atom. The molecule has 110 valence electrons. The number of nitrogens with zero attached hydrogens (tertiary/aromatic N) is 2.